The van der Waals surface area contributed by atoms with Crippen LogP contribution in [-0.4, -0.2) is 21.1 Å². The molecule has 0 fully saturated rings. The van der Waals surface area contributed by atoms with Gasteiger partial charge in [0.15, 0.2) is 0 Å². The quantitative estimate of drug-likeness (QED) is 0.482. The van der Waals surface area contributed by atoms with Gasteiger partial charge in [0.25, 0.3) is 0 Å². The van der Waals surface area contributed by atoms with Crippen molar-refractivity contribution in [3.63, 3.8) is 0 Å². The monoisotopic (exact) mass is 284 g/mol. The van der Waals surface area contributed by atoms with E-state index in [2.05, 4.69) is 43.8 Å². The normalized spacial score (nSPS) is 25.5. The summed E-state index contributed by atoms with van der Waals surface area (Å²) in [5, 5.41) is 1.38. The summed E-state index contributed by atoms with van der Waals surface area (Å²) in [5.41, 5.74) is 0.993. The van der Waals surface area contributed by atoms with Crippen LogP contribution in [-0.2, 0) is 9.53 Å². The van der Waals surface area contributed by atoms with Crippen LogP contribution in [0.3, 0.4) is 0 Å². The first-order chi connectivity index (χ1) is 9.55. The number of hydrogen-bond donors (Lipinski definition) is 0. The minimum absolute atomic E-state index is 0.277. The molecule has 2 rings (SSSR count). The average molecular weight is 284 g/mol. The van der Waals surface area contributed by atoms with Crippen molar-refractivity contribution < 1.29 is 9.53 Å². The highest BCUT2D eigenvalue weighted by atomic mass is 28.2. The summed E-state index contributed by atoms with van der Waals surface area (Å²) in [4.78, 5) is 11.6. The molecule has 0 saturated carbocycles. The second-order valence-electron chi connectivity index (χ2n) is 5.32. The third-order valence-corrected chi connectivity index (χ3v) is 6.60. The Labute approximate surface area is 122 Å². The lowest BCUT2D eigenvalue weighted by Gasteiger charge is -2.37. The number of esters is 1. The molecular weight excluding hydrogens is 264 g/mol. The van der Waals surface area contributed by atoms with E-state index in [1.165, 1.54) is 16.8 Å². The Morgan fingerprint density at radius 2 is 2.10 bits per heavy atom. The van der Waals surface area contributed by atoms with Crippen LogP contribution in [0.5, 0.6) is 0 Å². The lowest BCUT2D eigenvalue weighted by atomic mass is 9.91. The molecule has 0 N–H and O–H groups in total. The van der Waals surface area contributed by atoms with Crippen LogP contribution in [0.4, 0.5) is 0 Å². The highest BCUT2D eigenvalue weighted by Gasteiger charge is 2.37. The van der Waals surface area contributed by atoms with Gasteiger partial charge < -0.3 is 4.74 Å². The van der Waals surface area contributed by atoms with E-state index in [1.54, 1.807) is 0 Å². The number of carbonyl (C=O) groups excluding carboxylic acids is 1. The molecule has 0 radical (unpaired) electrons. The van der Waals surface area contributed by atoms with Crippen LogP contribution in [0.15, 0.2) is 66.8 Å². The van der Waals surface area contributed by atoms with Gasteiger partial charge in [-0.3, -0.25) is 0 Å². The van der Waals surface area contributed by atoms with Gasteiger partial charge >= 0.3 is 5.97 Å². The highest BCUT2D eigenvalue weighted by molar-refractivity contribution is 6.56. The third-order valence-electron chi connectivity index (χ3n) is 3.80. The molecule has 104 valence electrons. The molecule has 0 heterocycles. The highest BCUT2D eigenvalue weighted by Crippen LogP contribution is 2.37. The molecule has 0 amide bonds. The number of benzene rings is 1. The molecule has 20 heavy (non-hydrogen) atoms. The van der Waals surface area contributed by atoms with E-state index >= 15 is 0 Å². The fourth-order valence-electron chi connectivity index (χ4n) is 2.65. The maximum atomic E-state index is 11.6. The standard InChI is InChI=1S/C17H20O2Si/c1-4-15(18)19-17(3)12-8-9-13(2)16(17)20-14-10-6-5-7-11-14/h4-12,16H,1,20H2,2-3H3. The molecule has 2 unspecified atom stereocenters. The van der Waals surface area contributed by atoms with Crippen LogP contribution in [0.25, 0.3) is 0 Å². The van der Waals surface area contributed by atoms with Crippen molar-refractivity contribution in [2.45, 2.75) is 25.0 Å². The van der Waals surface area contributed by atoms with E-state index in [0.717, 1.165) is 0 Å². The molecule has 1 aliphatic rings. The minimum atomic E-state index is -0.590. The molecule has 2 nitrogen and oxygen atoms in total. The van der Waals surface area contributed by atoms with E-state index in [-0.39, 0.29) is 11.5 Å². The molecule has 0 saturated heterocycles. The Morgan fingerprint density at radius 3 is 2.75 bits per heavy atom. The zero-order chi connectivity index (χ0) is 14.6. The smallest absolute Gasteiger partial charge is 0.331 e. The van der Waals surface area contributed by atoms with Gasteiger partial charge in [-0.15, -0.1) is 0 Å². The van der Waals surface area contributed by atoms with Gasteiger partial charge in [-0.05, 0) is 19.9 Å². The van der Waals surface area contributed by atoms with Gasteiger partial charge in [-0.25, -0.2) is 4.79 Å². The Balaban J connectivity index is 2.26. The second-order valence-corrected chi connectivity index (χ2v) is 7.36. The van der Waals surface area contributed by atoms with Crippen LogP contribution < -0.4 is 5.19 Å². The SMILES string of the molecule is C=CC(=O)OC1(C)C=CC=C(C)C1[SiH2]c1ccccc1. The van der Waals surface area contributed by atoms with Crippen LogP contribution in [0, 0.1) is 0 Å². The van der Waals surface area contributed by atoms with E-state index < -0.39 is 15.1 Å². The topological polar surface area (TPSA) is 26.3 Å². The number of hydrogen-bond acceptors (Lipinski definition) is 2. The summed E-state index contributed by atoms with van der Waals surface area (Å²) in [6.07, 6.45) is 7.31. The van der Waals surface area contributed by atoms with Gasteiger partial charge in [0.05, 0.1) is 9.52 Å². The maximum Gasteiger partial charge on any atom is 0.331 e. The molecule has 2 atom stereocenters. The van der Waals surface area contributed by atoms with Gasteiger partial charge in [0, 0.05) is 11.6 Å². The van der Waals surface area contributed by atoms with Gasteiger partial charge in [-0.1, -0.05) is 59.8 Å². The summed E-state index contributed by atoms with van der Waals surface area (Å²) < 4.78 is 5.63. The van der Waals surface area contributed by atoms with Crippen LogP contribution >= 0.6 is 0 Å². The van der Waals surface area contributed by atoms with E-state index in [4.69, 9.17) is 4.74 Å². The first-order valence-electron chi connectivity index (χ1n) is 6.80. The summed E-state index contributed by atoms with van der Waals surface area (Å²) >= 11 is 0. The van der Waals surface area contributed by atoms with Crippen molar-refractivity contribution in [1.82, 2.24) is 0 Å². The largest absolute Gasteiger partial charge is 0.452 e. The minimum Gasteiger partial charge on any atom is -0.452 e. The molecule has 1 aliphatic carbocycles. The third kappa shape index (κ3) is 3.17. The number of carbonyl (C=O) groups is 1. The average Bonchev–Trinajstić information content (AvgIpc) is 2.44. The maximum absolute atomic E-state index is 11.6. The summed E-state index contributed by atoms with van der Waals surface area (Å²) in [7, 11) is -0.590. The predicted octanol–water partition coefficient (Wildman–Crippen LogP) is 2.27. The Morgan fingerprint density at radius 1 is 1.40 bits per heavy atom. The number of allylic oxidation sites excluding steroid dienone is 2. The van der Waals surface area contributed by atoms with Crippen molar-refractivity contribution in [3.8, 4) is 0 Å². The van der Waals surface area contributed by atoms with Crippen LogP contribution in [0.2, 0.25) is 5.54 Å². The van der Waals surface area contributed by atoms with Crippen molar-refractivity contribution >= 4 is 20.7 Å². The molecule has 1 aromatic rings. The van der Waals surface area contributed by atoms with Crippen molar-refractivity contribution in [3.05, 3.63) is 66.8 Å². The second kappa shape index (κ2) is 6.05. The number of rotatable bonds is 4. The van der Waals surface area contributed by atoms with Crippen molar-refractivity contribution in [2.75, 3.05) is 0 Å². The molecule has 0 spiro atoms. The molecule has 3 heteroatoms. The molecule has 0 bridgehead atoms. The lowest BCUT2D eigenvalue weighted by molar-refractivity contribution is -0.147. The summed E-state index contributed by atoms with van der Waals surface area (Å²) in [6.45, 7) is 7.59. The fraction of sp³-hybridized carbons (Fsp3) is 0.235. The predicted molar refractivity (Wildman–Crippen MR) is 86.0 cm³/mol. The van der Waals surface area contributed by atoms with E-state index in [0.29, 0.717) is 0 Å². The van der Waals surface area contributed by atoms with Crippen molar-refractivity contribution in [2.24, 2.45) is 0 Å². The molecule has 0 aromatic heterocycles. The first kappa shape index (κ1) is 14.5. The zero-order valence-corrected chi connectivity index (χ0v) is 13.4. The fourth-order valence-corrected chi connectivity index (χ4v) is 4.75. The molecule has 0 aliphatic heterocycles. The summed E-state index contributed by atoms with van der Waals surface area (Å²) in [6, 6.07) is 10.5. The van der Waals surface area contributed by atoms with Crippen LogP contribution in [0.1, 0.15) is 13.8 Å². The van der Waals surface area contributed by atoms with E-state index in [1.807, 2.05) is 25.1 Å². The van der Waals surface area contributed by atoms with Gasteiger partial charge in [0.2, 0.25) is 0 Å². The lowest BCUT2D eigenvalue weighted by Crippen LogP contribution is -2.41. The Kier molecular flexibility index (Phi) is 4.40. The zero-order valence-electron chi connectivity index (χ0n) is 12.0. The first-order valence-corrected chi connectivity index (χ1v) is 8.33. The summed E-state index contributed by atoms with van der Waals surface area (Å²) in [5.74, 6) is -0.362. The number of ether oxygens (including phenoxy) is 1. The van der Waals surface area contributed by atoms with Crippen molar-refractivity contribution in [1.29, 1.82) is 0 Å². The molecular formula is C17H20O2Si. The Hall–Kier alpha value is -1.87. The van der Waals surface area contributed by atoms with Gasteiger partial charge in [-0.2, -0.15) is 0 Å². The molecule has 1 aromatic carbocycles. The van der Waals surface area contributed by atoms with Gasteiger partial charge in [0.1, 0.15) is 5.60 Å². The Bertz CT molecular complexity index is 560. The van der Waals surface area contributed by atoms with E-state index in [9.17, 15) is 4.79 Å².